The highest BCUT2D eigenvalue weighted by Gasteiger charge is 2.35. The van der Waals surface area contributed by atoms with Gasteiger partial charge in [0.1, 0.15) is 36.3 Å². The minimum atomic E-state index is -1.80. The van der Waals surface area contributed by atoms with Crippen LogP contribution in [0.3, 0.4) is 0 Å². The highest BCUT2D eigenvalue weighted by atomic mass is 16.4. The van der Waals surface area contributed by atoms with E-state index in [-0.39, 0.29) is 25.3 Å². The van der Waals surface area contributed by atoms with E-state index in [4.69, 9.17) is 22.3 Å². The number of hydrogen-bond donors (Lipinski definition) is 13. The Bertz CT molecular complexity index is 1140. The van der Waals surface area contributed by atoms with Gasteiger partial charge in [0.2, 0.25) is 29.5 Å². The molecule has 0 aromatic heterocycles. The van der Waals surface area contributed by atoms with E-state index in [2.05, 4.69) is 26.3 Å². The van der Waals surface area contributed by atoms with Crippen molar-refractivity contribution in [2.75, 3.05) is 13.2 Å². The largest absolute Gasteiger partial charge is 0.481 e. The van der Waals surface area contributed by atoms with Crippen LogP contribution in [-0.4, -0.2) is 135 Å². The fourth-order valence-electron chi connectivity index (χ4n) is 3.80. The van der Waals surface area contributed by atoms with Crippen LogP contribution in [0.1, 0.15) is 47.0 Å². The van der Waals surface area contributed by atoms with Crippen LogP contribution < -0.4 is 43.8 Å². The Labute approximate surface area is 270 Å². The number of rotatable bonds is 21. The lowest BCUT2D eigenvalue weighted by molar-refractivity contribution is -0.144. The summed E-state index contributed by atoms with van der Waals surface area (Å²) in [6.45, 7) is 4.39. The first-order valence-electron chi connectivity index (χ1n) is 14.5. The molecule has 0 rings (SSSR count). The third-order valence-corrected chi connectivity index (χ3v) is 6.52. The number of carbonyl (C=O) groups is 7. The quantitative estimate of drug-likeness (QED) is 0.0305. The van der Waals surface area contributed by atoms with E-state index in [0.29, 0.717) is 0 Å². The number of carboxylic acids is 2. The molecule has 0 saturated heterocycles. The van der Waals surface area contributed by atoms with E-state index in [1.54, 1.807) is 0 Å². The van der Waals surface area contributed by atoms with Crippen molar-refractivity contribution in [1.82, 2.24) is 26.6 Å². The summed E-state index contributed by atoms with van der Waals surface area (Å²) in [7, 11) is 0. The Morgan fingerprint density at radius 2 is 1.17 bits per heavy atom. The molecule has 21 nitrogen and oxygen atoms in total. The number of aliphatic carboxylic acids is 2. The topological polar surface area (TPSA) is 371 Å². The molecule has 0 aliphatic carbocycles. The number of aliphatic imine (C=N–C) groups is 1. The fourth-order valence-corrected chi connectivity index (χ4v) is 3.80. The molecule has 0 fully saturated rings. The Morgan fingerprint density at radius 3 is 1.62 bits per heavy atom. The Balaban J connectivity index is 6.18. The van der Waals surface area contributed by atoms with Crippen LogP contribution in [0, 0.1) is 5.92 Å². The normalized spacial score (nSPS) is 16.1. The molecule has 0 aliphatic heterocycles. The third-order valence-electron chi connectivity index (χ3n) is 6.52. The van der Waals surface area contributed by atoms with E-state index in [9.17, 15) is 54.0 Å². The van der Waals surface area contributed by atoms with Gasteiger partial charge in [-0.05, 0) is 32.6 Å². The van der Waals surface area contributed by atoms with E-state index in [1.165, 1.54) is 20.8 Å². The van der Waals surface area contributed by atoms with Crippen LogP contribution in [-0.2, 0) is 33.6 Å². The molecule has 8 atom stereocenters. The molecule has 0 unspecified atom stereocenters. The van der Waals surface area contributed by atoms with E-state index in [0.717, 1.165) is 6.92 Å². The van der Waals surface area contributed by atoms with Crippen molar-refractivity contribution in [3.05, 3.63) is 0 Å². The summed E-state index contributed by atoms with van der Waals surface area (Å²) < 4.78 is 0. The molecule has 0 aromatic carbocycles. The Kier molecular flexibility index (Phi) is 18.5. The average molecular weight is 678 g/mol. The van der Waals surface area contributed by atoms with Gasteiger partial charge in [0, 0.05) is 6.54 Å². The second kappa shape index (κ2) is 20.5. The van der Waals surface area contributed by atoms with Crippen LogP contribution in [0.2, 0.25) is 0 Å². The zero-order valence-electron chi connectivity index (χ0n) is 26.5. The van der Waals surface area contributed by atoms with Gasteiger partial charge in [0.15, 0.2) is 5.96 Å². The van der Waals surface area contributed by atoms with Gasteiger partial charge in [-0.1, -0.05) is 13.8 Å². The van der Waals surface area contributed by atoms with Crippen LogP contribution >= 0.6 is 0 Å². The van der Waals surface area contributed by atoms with Crippen molar-refractivity contribution in [1.29, 1.82) is 0 Å². The monoisotopic (exact) mass is 677 g/mol. The fraction of sp³-hybridized carbons (Fsp3) is 0.692. The molecule has 47 heavy (non-hydrogen) atoms. The lowest BCUT2D eigenvalue weighted by atomic mass is 10.0. The molecule has 0 saturated carbocycles. The van der Waals surface area contributed by atoms with Crippen LogP contribution in [0.4, 0.5) is 0 Å². The van der Waals surface area contributed by atoms with Crippen molar-refractivity contribution in [2.24, 2.45) is 28.1 Å². The van der Waals surface area contributed by atoms with Gasteiger partial charge in [-0.15, -0.1) is 0 Å². The molecular weight excluding hydrogens is 630 g/mol. The molecule has 0 aromatic rings. The molecule has 0 heterocycles. The van der Waals surface area contributed by atoms with Crippen LogP contribution in [0.15, 0.2) is 4.99 Å². The number of nitrogens with zero attached hydrogens (tertiary/aromatic N) is 1. The molecule has 0 radical (unpaired) electrons. The number of carbonyl (C=O) groups excluding carboxylic acids is 5. The second-order valence-electron chi connectivity index (χ2n) is 11.0. The summed E-state index contributed by atoms with van der Waals surface area (Å²) in [5, 5.41) is 58.4. The molecule has 0 bridgehead atoms. The number of aliphatic hydroxyl groups is 3. The summed E-state index contributed by atoms with van der Waals surface area (Å²) in [5.74, 6) is -9.31. The summed E-state index contributed by atoms with van der Waals surface area (Å²) in [5.41, 5.74) is 16.2. The first-order valence-corrected chi connectivity index (χ1v) is 14.5. The summed E-state index contributed by atoms with van der Waals surface area (Å²) in [4.78, 5) is 91.2. The van der Waals surface area contributed by atoms with Gasteiger partial charge in [-0.3, -0.25) is 33.8 Å². The third kappa shape index (κ3) is 15.5. The molecule has 268 valence electrons. The van der Waals surface area contributed by atoms with Crippen molar-refractivity contribution >= 4 is 47.4 Å². The number of amides is 5. The van der Waals surface area contributed by atoms with Gasteiger partial charge in [-0.25, -0.2) is 4.79 Å². The molecular formula is C26H47N9O12. The maximum atomic E-state index is 13.3. The number of aliphatic hydroxyl groups excluding tert-OH is 3. The zero-order chi connectivity index (χ0) is 36.6. The number of guanidine groups is 1. The van der Waals surface area contributed by atoms with E-state index < -0.39 is 109 Å². The summed E-state index contributed by atoms with van der Waals surface area (Å²) in [6.07, 6.45) is -4.00. The molecule has 16 N–H and O–H groups in total. The summed E-state index contributed by atoms with van der Waals surface area (Å²) in [6, 6.07) is -9.60. The lowest BCUT2D eigenvalue weighted by Gasteiger charge is -2.28. The molecule has 5 amide bonds. The lowest BCUT2D eigenvalue weighted by Crippen LogP contribution is -2.61. The predicted octanol–water partition coefficient (Wildman–Crippen LogP) is -6.24. The number of carboxylic acid groups (broad SMARTS) is 2. The van der Waals surface area contributed by atoms with Crippen LogP contribution in [0.25, 0.3) is 0 Å². The van der Waals surface area contributed by atoms with Crippen LogP contribution in [0.5, 0.6) is 0 Å². The molecule has 0 spiro atoms. The maximum Gasteiger partial charge on any atom is 0.328 e. The Morgan fingerprint density at radius 1 is 0.681 bits per heavy atom. The number of nitrogens with two attached hydrogens (primary N) is 3. The van der Waals surface area contributed by atoms with Gasteiger partial charge >= 0.3 is 11.9 Å². The van der Waals surface area contributed by atoms with Crippen molar-refractivity contribution in [2.45, 2.75) is 95.4 Å². The standard InChI is InChI=1S/C26H47N9O12/c1-10(2)18(34-22(43)17(27)11(3)37)23(44)32-14(8-16(39)40)21(42)31-13(6-5-7-30-26(28)29)20(41)35-19(12(4)38)24(45)33-15(9-36)25(46)47/h10-15,17-19,36-38H,5-9,27H2,1-4H3,(H,31,42)(H,32,44)(H,33,45)(H,34,43)(H,35,41)(H,39,40)(H,46,47)(H4,28,29,30)/t11-,12-,13+,14+,15+,17+,18+,19+/m1/s1. The first kappa shape index (κ1) is 42.4. The van der Waals surface area contributed by atoms with Gasteiger partial charge < -0.3 is 69.3 Å². The van der Waals surface area contributed by atoms with Crippen molar-refractivity contribution in [3.63, 3.8) is 0 Å². The number of nitrogens with one attached hydrogen (secondary N) is 5. The molecule has 0 aliphatic rings. The van der Waals surface area contributed by atoms with E-state index >= 15 is 0 Å². The van der Waals surface area contributed by atoms with Gasteiger partial charge in [-0.2, -0.15) is 0 Å². The highest BCUT2D eigenvalue weighted by Crippen LogP contribution is 2.07. The predicted molar refractivity (Wildman–Crippen MR) is 163 cm³/mol. The van der Waals surface area contributed by atoms with Crippen molar-refractivity contribution in [3.8, 4) is 0 Å². The highest BCUT2D eigenvalue weighted by molar-refractivity contribution is 5.97. The number of hydrogen-bond acceptors (Lipinski definition) is 12. The molecule has 21 heteroatoms. The average Bonchev–Trinajstić information content (AvgIpc) is 2.96. The maximum absolute atomic E-state index is 13.3. The summed E-state index contributed by atoms with van der Waals surface area (Å²) >= 11 is 0. The smallest absolute Gasteiger partial charge is 0.328 e. The minimum absolute atomic E-state index is 0.0290. The van der Waals surface area contributed by atoms with E-state index in [1.807, 2.05) is 5.32 Å². The SMILES string of the molecule is CC(C)[C@H](NC(=O)[C@@H](N)[C@@H](C)O)C(=O)N[C@@H](CC(=O)O)C(=O)N[C@@H](CCCN=C(N)N)C(=O)N[C@H](C(=O)N[C@@H](CO)C(=O)O)[C@@H](C)O. The van der Waals surface area contributed by atoms with Crippen molar-refractivity contribution < 1.29 is 59.1 Å². The van der Waals surface area contributed by atoms with Gasteiger partial charge in [0.25, 0.3) is 0 Å². The van der Waals surface area contributed by atoms with Gasteiger partial charge in [0.05, 0.1) is 25.2 Å². The zero-order valence-corrected chi connectivity index (χ0v) is 26.5. The first-order chi connectivity index (χ1) is 21.7. The second-order valence-corrected chi connectivity index (χ2v) is 11.0. The minimum Gasteiger partial charge on any atom is -0.481 e. The Hall–Kier alpha value is -4.60.